The predicted molar refractivity (Wildman–Crippen MR) is 112 cm³/mol. The lowest BCUT2D eigenvalue weighted by molar-refractivity contribution is 0.00162. The molecule has 0 spiro atoms. The van der Waals surface area contributed by atoms with E-state index in [1.54, 1.807) is 47.4 Å². The molecule has 1 amide bonds. The largest absolute Gasteiger partial charge is 0.377 e. The normalized spacial score (nSPS) is 16.5. The molecular formula is C20H20BrFN6O2. The summed E-state index contributed by atoms with van der Waals surface area (Å²) < 4.78 is 21.3. The summed E-state index contributed by atoms with van der Waals surface area (Å²) in [5.41, 5.74) is 1.73. The Morgan fingerprint density at radius 1 is 1.30 bits per heavy atom. The lowest BCUT2D eigenvalue weighted by Gasteiger charge is -2.35. The molecule has 1 aliphatic rings. The first-order valence-corrected chi connectivity index (χ1v) is 10.2. The number of nitrogens with zero attached hydrogens (tertiary/aromatic N) is 5. The van der Waals surface area contributed by atoms with Crippen molar-refractivity contribution in [1.29, 1.82) is 0 Å². The number of amides is 1. The number of hydrogen-bond acceptors (Lipinski definition) is 6. The minimum absolute atomic E-state index is 0.193. The molecule has 0 radical (unpaired) electrons. The predicted octanol–water partition coefficient (Wildman–Crippen LogP) is 2.73. The van der Waals surface area contributed by atoms with Crippen LogP contribution in [0.15, 0.2) is 47.3 Å². The molecule has 10 heteroatoms. The number of hydrogen-bond donors (Lipinski definition) is 1. The Morgan fingerprint density at radius 3 is 2.77 bits per heavy atom. The maximum absolute atomic E-state index is 13.4. The van der Waals surface area contributed by atoms with Gasteiger partial charge in [0.15, 0.2) is 5.69 Å². The van der Waals surface area contributed by atoms with Crippen molar-refractivity contribution in [1.82, 2.24) is 24.6 Å². The van der Waals surface area contributed by atoms with Gasteiger partial charge in [0.05, 0.1) is 23.7 Å². The van der Waals surface area contributed by atoms with Gasteiger partial charge in [-0.2, -0.15) is 5.10 Å². The molecule has 1 fully saturated rings. The van der Waals surface area contributed by atoms with E-state index in [-0.39, 0.29) is 17.8 Å². The molecule has 3 heterocycles. The van der Waals surface area contributed by atoms with Crippen molar-refractivity contribution in [2.24, 2.45) is 7.05 Å². The van der Waals surface area contributed by atoms with Gasteiger partial charge in [-0.05, 0) is 33.6 Å². The maximum atomic E-state index is 13.4. The van der Waals surface area contributed by atoms with Crippen LogP contribution in [0.2, 0.25) is 0 Å². The summed E-state index contributed by atoms with van der Waals surface area (Å²) in [6.07, 6.45) is 5.07. The van der Waals surface area contributed by atoms with Gasteiger partial charge >= 0.3 is 0 Å². The summed E-state index contributed by atoms with van der Waals surface area (Å²) in [5.74, 6) is -0.0484. The number of ether oxygens (including phenoxy) is 1. The summed E-state index contributed by atoms with van der Waals surface area (Å²) >= 11 is 3.30. The summed E-state index contributed by atoms with van der Waals surface area (Å²) in [5, 5.41) is 7.54. The number of rotatable bonds is 5. The molecular weight excluding hydrogens is 455 g/mol. The molecule has 30 heavy (non-hydrogen) atoms. The Bertz CT molecular complexity index is 1020. The Kier molecular flexibility index (Phi) is 6.05. The Balaban J connectivity index is 1.55. The van der Waals surface area contributed by atoms with Crippen molar-refractivity contribution in [3.63, 3.8) is 0 Å². The van der Waals surface area contributed by atoms with E-state index < -0.39 is 0 Å². The van der Waals surface area contributed by atoms with E-state index in [1.807, 2.05) is 0 Å². The standard InChI is InChI=1S/C20H20BrFN6O2/c1-27-11-17(13-2-4-15(22)5-3-13)18(26-27)19(29)28-6-7-30-12-16(28)10-25-20-23-8-14(21)9-24-20/h2-5,8-9,11,16H,6-7,10,12H2,1H3,(H,23,24,25). The topological polar surface area (TPSA) is 85.2 Å². The van der Waals surface area contributed by atoms with Gasteiger partial charge in [0.1, 0.15) is 5.82 Å². The lowest BCUT2D eigenvalue weighted by Crippen LogP contribution is -2.52. The highest BCUT2D eigenvalue weighted by Gasteiger charge is 2.31. The van der Waals surface area contributed by atoms with Gasteiger partial charge in [0, 0.05) is 44.3 Å². The smallest absolute Gasteiger partial charge is 0.275 e. The van der Waals surface area contributed by atoms with Gasteiger partial charge in [-0.1, -0.05) is 12.1 Å². The van der Waals surface area contributed by atoms with Crippen LogP contribution < -0.4 is 5.32 Å². The number of aryl methyl sites for hydroxylation is 1. The quantitative estimate of drug-likeness (QED) is 0.611. The van der Waals surface area contributed by atoms with Crippen LogP contribution in [-0.4, -0.2) is 62.9 Å². The third-order valence-electron chi connectivity index (χ3n) is 4.79. The van der Waals surface area contributed by atoms with Crippen LogP contribution in [0, 0.1) is 5.82 Å². The molecule has 3 aromatic rings. The zero-order chi connectivity index (χ0) is 21.1. The Morgan fingerprint density at radius 2 is 2.03 bits per heavy atom. The number of carbonyl (C=O) groups excluding carboxylic acids is 1. The number of morpholine rings is 1. The molecule has 1 N–H and O–H groups in total. The fourth-order valence-electron chi connectivity index (χ4n) is 3.33. The zero-order valence-corrected chi connectivity index (χ0v) is 17.8. The first-order valence-electron chi connectivity index (χ1n) is 9.41. The fourth-order valence-corrected chi connectivity index (χ4v) is 3.53. The zero-order valence-electron chi connectivity index (χ0n) is 16.3. The SMILES string of the molecule is Cn1cc(-c2ccc(F)cc2)c(C(=O)N2CCOCC2CNc2ncc(Br)cn2)n1. The molecule has 1 saturated heterocycles. The molecule has 0 saturated carbocycles. The van der Waals surface area contributed by atoms with E-state index in [0.717, 1.165) is 10.0 Å². The van der Waals surface area contributed by atoms with E-state index >= 15 is 0 Å². The van der Waals surface area contributed by atoms with Crippen molar-refractivity contribution in [3.8, 4) is 11.1 Å². The van der Waals surface area contributed by atoms with Crippen LogP contribution >= 0.6 is 15.9 Å². The fraction of sp³-hybridized carbons (Fsp3) is 0.300. The van der Waals surface area contributed by atoms with Gasteiger partial charge < -0.3 is 15.0 Å². The lowest BCUT2D eigenvalue weighted by atomic mass is 10.1. The highest BCUT2D eigenvalue weighted by atomic mass is 79.9. The van der Waals surface area contributed by atoms with Crippen molar-refractivity contribution in [2.45, 2.75) is 6.04 Å². The van der Waals surface area contributed by atoms with Crippen LogP contribution in [0.4, 0.5) is 10.3 Å². The van der Waals surface area contributed by atoms with Gasteiger partial charge in [0.2, 0.25) is 5.95 Å². The second-order valence-corrected chi connectivity index (χ2v) is 7.82. The molecule has 156 valence electrons. The second-order valence-electron chi connectivity index (χ2n) is 6.91. The minimum atomic E-state index is -0.329. The van der Waals surface area contributed by atoms with Crippen molar-refractivity contribution in [2.75, 3.05) is 31.6 Å². The Hall–Kier alpha value is -2.85. The molecule has 8 nitrogen and oxygen atoms in total. The Labute approximate surface area is 181 Å². The van der Waals surface area contributed by atoms with Crippen LogP contribution in [0.25, 0.3) is 11.1 Å². The molecule has 1 aromatic carbocycles. The van der Waals surface area contributed by atoms with Gasteiger partial charge in [-0.3, -0.25) is 9.48 Å². The van der Waals surface area contributed by atoms with Crippen LogP contribution in [-0.2, 0) is 11.8 Å². The van der Waals surface area contributed by atoms with Crippen LogP contribution in [0.3, 0.4) is 0 Å². The van der Waals surface area contributed by atoms with Crippen LogP contribution in [0.1, 0.15) is 10.5 Å². The van der Waals surface area contributed by atoms with Gasteiger partial charge in [-0.25, -0.2) is 14.4 Å². The van der Waals surface area contributed by atoms with Crippen molar-refractivity contribution >= 4 is 27.8 Å². The summed E-state index contributed by atoms with van der Waals surface area (Å²) in [7, 11) is 1.76. The number of halogens is 2. The third-order valence-corrected chi connectivity index (χ3v) is 5.20. The molecule has 1 unspecified atom stereocenters. The van der Waals surface area contributed by atoms with Crippen molar-refractivity contribution in [3.05, 3.63) is 58.8 Å². The van der Waals surface area contributed by atoms with Crippen molar-refractivity contribution < 1.29 is 13.9 Å². The average Bonchev–Trinajstić information content (AvgIpc) is 3.15. The summed E-state index contributed by atoms with van der Waals surface area (Å²) in [6, 6.07) is 5.83. The van der Waals surface area contributed by atoms with E-state index in [2.05, 4.69) is 36.3 Å². The van der Waals surface area contributed by atoms with E-state index in [4.69, 9.17) is 4.74 Å². The average molecular weight is 475 g/mol. The number of carbonyl (C=O) groups is 1. The first-order chi connectivity index (χ1) is 14.5. The molecule has 4 rings (SSSR count). The molecule has 2 aromatic heterocycles. The molecule has 1 atom stereocenters. The summed E-state index contributed by atoms with van der Waals surface area (Å²) in [6.45, 7) is 1.74. The van der Waals surface area contributed by atoms with E-state index in [9.17, 15) is 9.18 Å². The highest BCUT2D eigenvalue weighted by Crippen LogP contribution is 2.25. The van der Waals surface area contributed by atoms with Gasteiger partial charge in [-0.15, -0.1) is 0 Å². The highest BCUT2D eigenvalue weighted by molar-refractivity contribution is 9.10. The molecule has 1 aliphatic heterocycles. The number of benzene rings is 1. The monoisotopic (exact) mass is 474 g/mol. The second kappa shape index (κ2) is 8.88. The van der Waals surface area contributed by atoms with Gasteiger partial charge in [0.25, 0.3) is 5.91 Å². The third kappa shape index (κ3) is 4.49. The minimum Gasteiger partial charge on any atom is -0.377 e. The first kappa shape index (κ1) is 20.4. The number of anilines is 1. The van der Waals surface area contributed by atoms with E-state index in [0.29, 0.717) is 43.5 Å². The maximum Gasteiger partial charge on any atom is 0.275 e. The number of nitrogens with one attached hydrogen (secondary N) is 1. The molecule has 0 aliphatic carbocycles. The van der Waals surface area contributed by atoms with E-state index in [1.165, 1.54) is 12.1 Å². The molecule has 0 bridgehead atoms. The number of aromatic nitrogens is 4. The van der Waals surface area contributed by atoms with Crippen LogP contribution in [0.5, 0.6) is 0 Å². The summed E-state index contributed by atoms with van der Waals surface area (Å²) in [4.78, 5) is 23.5.